The minimum absolute atomic E-state index is 0.188. The van der Waals surface area contributed by atoms with Crippen LogP contribution in [0.5, 0.6) is 0 Å². The summed E-state index contributed by atoms with van der Waals surface area (Å²) in [6.07, 6.45) is 5.83. The maximum Gasteiger partial charge on any atom is 0.337 e. The number of aldehydes is 1. The highest BCUT2D eigenvalue weighted by atomic mass is 32.2. The number of carbonyl (C=O) groups is 2. The molecule has 2 aromatic rings. The zero-order valence-corrected chi connectivity index (χ0v) is 23.1. The maximum atomic E-state index is 13.8. The number of nitrogens with zero attached hydrogens (tertiary/aromatic N) is 3. The second-order valence-electron chi connectivity index (χ2n) is 8.24. The van der Waals surface area contributed by atoms with Gasteiger partial charge in [-0.15, -0.1) is 11.3 Å². The van der Waals surface area contributed by atoms with E-state index in [9.17, 15) is 14.0 Å². The number of rotatable bonds is 12. The number of aliphatic imine (C=N–C) groups is 1. The van der Waals surface area contributed by atoms with Crippen LogP contribution in [0, 0.1) is 5.82 Å². The van der Waals surface area contributed by atoms with Crippen LogP contribution in [-0.2, 0) is 19.9 Å². The summed E-state index contributed by atoms with van der Waals surface area (Å²) >= 11 is 3.04. The number of aliphatic hydroxyl groups is 1. The van der Waals surface area contributed by atoms with E-state index in [0.717, 1.165) is 44.9 Å². The van der Waals surface area contributed by atoms with Crippen LogP contribution >= 0.6 is 23.1 Å². The predicted molar refractivity (Wildman–Crippen MR) is 148 cm³/mol. The lowest BCUT2D eigenvalue weighted by Gasteiger charge is -2.32. The van der Waals surface area contributed by atoms with E-state index in [1.807, 2.05) is 5.38 Å². The highest BCUT2D eigenvalue weighted by molar-refractivity contribution is 7.99. The Labute approximate surface area is 225 Å². The van der Waals surface area contributed by atoms with Gasteiger partial charge in [0.1, 0.15) is 22.6 Å². The van der Waals surface area contributed by atoms with Crippen LogP contribution < -0.4 is 5.73 Å². The van der Waals surface area contributed by atoms with Crippen molar-refractivity contribution in [3.63, 3.8) is 0 Å². The Bertz CT molecular complexity index is 1050. The van der Waals surface area contributed by atoms with E-state index in [0.29, 0.717) is 34.0 Å². The van der Waals surface area contributed by atoms with Crippen LogP contribution in [0.3, 0.4) is 0 Å². The van der Waals surface area contributed by atoms with Gasteiger partial charge in [-0.2, -0.15) is 11.8 Å². The van der Waals surface area contributed by atoms with Crippen molar-refractivity contribution in [1.82, 2.24) is 9.88 Å². The lowest BCUT2D eigenvalue weighted by atomic mass is 9.81. The number of carbonyl (C=O) groups excluding carboxylic acids is 2. The second kappa shape index (κ2) is 15.6. The predicted octanol–water partition coefficient (Wildman–Crippen LogP) is 3.51. The summed E-state index contributed by atoms with van der Waals surface area (Å²) in [6, 6.07) is 6.16. The second-order valence-corrected chi connectivity index (χ2v) is 10.2. The Morgan fingerprint density at radius 2 is 2.14 bits per heavy atom. The molecule has 0 bridgehead atoms. The van der Waals surface area contributed by atoms with Crippen LogP contribution in [0.4, 0.5) is 4.39 Å². The third kappa shape index (κ3) is 7.94. The average molecular weight is 551 g/mol. The molecule has 3 N–H and O–H groups in total. The number of thiazole rings is 1. The van der Waals surface area contributed by atoms with Crippen molar-refractivity contribution in [2.45, 2.75) is 38.3 Å². The highest BCUT2D eigenvalue weighted by Crippen LogP contribution is 2.40. The van der Waals surface area contributed by atoms with Crippen LogP contribution in [-0.4, -0.2) is 77.9 Å². The number of benzene rings is 1. The first-order valence-electron chi connectivity index (χ1n) is 12.0. The number of likely N-dealkylation sites (tertiary alicyclic amines) is 1. The van der Waals surface area contributed by atoms with Gasteiger partial charge in [-0.1, -0.05) is 12.1 Å². The van der Waals surface area contributed by atoms with E-state index in [2.05, 4.69) is 14.9 Å². The normalized spacial score (nSPS) is 18.0. The van der Waals surface area contributed by atoms with Crippen LogP contribution in [0.1, 0.15) is 37.3 Å². The molecule has 3 rings (SSSR count). The summed E-state index contributed by atoms with van der Waals surface area (Å²) in [7, 11) is 1.00. The third-order valence-corrected chi connectivity index (χ3v) is 7.88. The molecule has 1 saturated heterocycles. The van der Waals surface area contributed by atoms with E-state index in [4.69, 9.17) is 15.6 Å². The molecule has 1 aromatic heterocycles. The summed E-state index contributed by atoms with van der Waals surface area (Å²) in [5, 5.41) is 9.56. The third-order valence-electron chi connectivity index (χ3n) is 6.05. The van der Waals surface area contributed by atoms with Crippen molar-refractivity contribution in [3.8, 4) is 0 Å². The molecule has 1 aliphatic heterocycles. The molecule has 11 heteroatoms. The summed E-state index contributed by atoms with van der Waals surface area (Å²) in [6.45, 7) is 5.05. The number of hydrogen-bond donors (Lipinski definition) is 2. The molecule has 1 aliphatic rings. The molecule has 8 nitrogen and oxygen atoms in total. The van der Waals surface area contributed by atoms with E-state index in [1.54, 1.807) is 43.9 Å². The number of ether oxygens (including phenoxy) is 1. The molecule has 1 fully saturated rings. The van der Waals surface area contributed by atoms with Crippen molar-refractivity contribution in [3.05, 3.63) is 57.8 Å². The van der Waals surface area contributed by atoms with Crippen molar-refractivity contribution < 1.29 is 23.8 Å². The highest BCUT2D eigenvalue weighted by Gasteiger charge is 2.40. The lowest BCUT2D eigenvalue weighted by Crippen LogP contribution is -2.36. The van der Waals surface area contributed by atoms with Gasteiger partial charge in [-0.3, -0.25) is 9.89 Å². The van der Waals surface area contributed by atoms with Crippen LogP contribution in [0.15, 0.2) is 46.4 Å². The minimum Gasteiger partial charge on any atom is -0.463 e. The molecule has 37 heavy (non-hydrogen) atoms. The van der Waals surface area contributed by atoms with Gasteiger partial charge in [-0.05, 0) is 50.9 Å². The number of halogens is 1. The van der Waals surface area contributed by atoms with Crippen molar-refractivity contribution in [2.75, 3.05) is 38.3 Å². The van der Waals surface area contributed by atoms with Gasteiger partial charge in [-0.25, -0.2) is 14.2 Å². The fourth-order valence-electron chi connectivity index (χ4n) is 4.40. The lowest BCUT2D eigenvalue weighted by molar-refractivity contribution is -0.139. The first-order valence-corrected chi connectivity index (χ1v) is 14.0. The Hall–Kier alpha value is -2.60. The average Bonchev–Trinajstić information content (AvgIpc) is 3.58. The molecule has 0 radical (unpaired) electrons. The van der Waals surface area contributed by atoms with Crippen LogP contribution in [0.2, 0.25) is 0 Å². The summed E-state index contributed by atoms with van der Waals surface area (Å²) in [4.78, 5) is 35.7. The zero-order chi connectivity index (χ0) is 27.3. The van der Waals surface area contributed by atoms with Gasteiger partial charge in [0.2, 0.25) is 0 Å². The molecule has 2 atom stereocenters. The zero-order valence-electron chi connectivity index (χ0n) is 21.4. The van der Waals surface area contributed by atoms with Crippen molar-refractivity contribution in [2.24, 2.45) is 10.7 Å². The Kier molecular flexibility index (Phi) is 12.9. The Morgan fingerprint density at radius 3 is 2.73 bits per heavy atom. The molecule has 0 aliphatic carbocycles. The number of aromatic nitrogens is 1. The van der Waals surface area contributed by atoms with Gasteiger partial charge in [0.15, 0.2) is 0 Å². The molecular formula is C26H35FN4O4S2. The number of thioether (sulfide) groups is 1. The van der Waals surface area contributed by atoms with Crippen molar-refractivity contribution in [1.29, 1.82) is 0 Å². The molecule has 202 valence electrons. The largest absolute Gasteiger partial charge is 0.463 e. The standard InChI is InChI=1S/C25H31FN4O3S2.CH4O/c1-3-33-24(32)22(25(2,29-17-27)18-6-8-19(26)9-7-18)21(23-28-10-13-35-23)15-30-11-4-5-20(30)16-34-14-12-31;1-2/h6-10,12-13,17,20H,3-5,11,14-16H2,1-2H3,(H2,27,29);2H,1H3/b22-21-;/t20?,25-;/m0./s1. The van der Waals surface area contributed by atoms with E-state index in [-0.39, 0.29) is 18.5 Å². The SMILES string of the molecule is CCOC(=O)/C(=C(\CN1CCCC1CSCC=O)c1nccs1)[C@@](C)(N=CN)c1ccc(F)cc1.CO. The Morgan fingerprint density at radius 1 is 1.41 bits per heavy atom. The maximum absolute atomic E-state index is 13.8. The van der Waals surface area contributed by atoms with E-state index < -0.39 is 11.5 Å². The monoisotopic (exact) mass is 550 g/mol. The summed E-state index contributed by atoms with van der Waals surface area (Å²) < 4.78 is 19.3. The molecule has 0 spiro atoms. The number of hydrogen-bond acceptors (Lipinski definition) is 9. The van der Waals surface area contributed by atoms with Crippen LogP contribution in [0.25, 0.3) is 5.57 Å². The minimum atomic E-state index is -1.23. The first-order chi connectivity index (χ1) is 17.9. The molecule has 1 aromatic carbocycles. The fraction of sp³-hybridized carbons (Fsp3) is 0.462. The molecule has 0 saturated carbocycles. The van der Waals surface area contributed by atoms with Gasteiger partial charge in [0.25, 0.3) is 0 Å². The smallest absolute Gasteiger partial charge is 0.337 e. The summed E-state index contributed by atoms with van der Waals surface area (Å²) in [5.74, 6) is 0.388. The molecule has 1 unspecified atom stereocenters. The molecule has 2 heterocycles. The quantitative estimate of drug-likeness (QED) is 0.103. The van der Waals surface area contributed by atoms with Gasteiger partial charge >= 0.3 is 5.97 Å². The van der Waals surface area contributed by atoms with Crippen molar-refractivity contribution >= 4 is 47.3 Å². The number of esters is 1. The van der Waals surface area contributed by atoms with Gasteiger partial charge < -0.3 is 20.4 Å². The Balaban J connectivity index is 0.00000235. The van der Waals surface area contributed by atoms with E-state index in [1.165, 1.54) is 23.5 Å². The van der Waals surface area contributed by atoms with Gasteiger partial charge in [0.05, 0.1) is 18.5 Å². The number of aliphatic hydroxyl groups excluding tert-OH is 1. The topological polar surface area (TPSA) is 118 Å². The fourth-order valence-corrected chi connectivity index (χ4v) is 5.96. The first kappa shape index (κ1) is 30.6. The summed E-state index contributed by atoms with van der Waals surface area (Å²) in [5.41, 5.74) is 6.19. The molecular weight excluding hydrogens is 515 g/mol. The molecule has 0 amide bonds. The van der Waals surface area contributed by atoms with E-state index >= 15 is 0 Å². The van der Waals surface area contributed by atoms with Gasteiger partial charge in [0, 0.05) is 48.4 Å². The number of nitrogens with two attached hydrogens (primary N) is 1.